The van der Waals surface area contributed by atoms with E-state index in [1.54, 1.807) is 25.1 Å². The molecule has 1 aliphatic rings. The van der Waals surface area contributed by atoms with Crippen molar-refractivity contribution >= 4 is 22.7 Å². The zero-order valence-electron chi connectivity index (χ0n) is 15.7. The molecule has 3 aromatic rings. The number of amides is 1. The van der Waals surface area contributed by atoms with E-state index >= 15 is 0 Å². The smallest absolute Gasteiger partial charge is 0.270 e. The minimum absolute atomic E-state index is 0.0361. The predicted octanol–water partition coefficient (Wildman–Crippen LogP) is 3.98. The van der Waals surface area contributed by atoms with Crippen LogP contribution in [0.5, 0.6) is 0 Å². The van der Waals surface area contributed by atoms with Gasteiger partial charge in [-0.25, -0.2) is 4.98 Å². The summed E-state index contributed by atoms with van der Waals surface area (Å²) in [6, 6.07) is 7.86. The lowest BCUT2D eigenvalue weighted by molar-refractivity contribution is -0.384. The number of benzene rings is 1. The van der Waals surface area contributed by atoms with Crippen LogP contribution in [0.3, 0.4) is 0 Å². The Morgan fingerprint density at radius 3 is 2.75 bits per heavy atom. The second-order valence-electron chi connectivity index (χ2n) is 7.29. The van der Waals surface area contributed by atoms with E-state index in [1.807, 2.05) is 4.90 Å². The first-order valence-corrected chi connectivity index (χ1v) is 9.25. The lowest BCUT2D eigenvalue weighted by Gasteiger charge is -2.30. The van der Waals surface area contributed by atoms with Crippen molar-refractivity contribution in [2.45, 2.75) is 26.7 Å². The van der Waals surface area contributed by atoms with E-state index in [2.05, 4.69) is 17.1 Å². The highest BCUT2D eigenvalue weighted by molar-refractivity contribution is 6.07. The molecule has 1 aromatic carbocycles. The van der Waals surface area contributed by atoms with Gasteiger partial charge in [-0.1, -0.05) is 24.2 Å². The van der Waals surface area contributed by atoms with Crippen LogP contribution < -0.4 is 0 Å². The van der Waals surface area contributed by atoms with Crippen molar-refractivity contribution in [2.75, 3.05) is 13.1 Å². The van der Waals surface area contributed by atoms with Crippen LogP contribution in [0.1, 0.15) is 35.8 Å². The molecule has 2 aromatic heterocycles. The maximum absolute atomic E-state index is 13.2. The van der Waals surface area contributed by atoms with Crippen LogP contribution in [-0.2, 0) is 0 Å². The van der Waals surface area contributed by atoms with E-state index in [0.717, 1.165) is 12.8 Å². The Labute approximate surface area is 161 Å². The number of carbonyl (C=O) groups is 1. The number of pyridine rings is 1. The van der Waals surface area contributed by atoms with Crippen LogP contribution in [-0.4, -0.2) is 39.0 Å². The number of likely N-dealkylation sites (tertiary alicyclic amines) is 1. The van der Waals surface area contributed by atoms with Crippen molar-refractivity contribution in [3.05, 3.63) is 51.7 Å². The number of fused-ring (bicyclic) bond motifs is 1. The minimum Gasteiger partial charge on any atom is -0.339 e. The molecule has 0 saturated carbocycles. The second kappa shape index (κ2) is 7.03. The number of piperidine rings is 1. The van der Waals surface area contributed by atoms with E-state index in [0.29, 0.717) is 46.9 Å². The third kappa shape index (κ3) is 3.21. The SMILES string of the molecule is Cc1noc2nc(-c3cccc([N+](=O)[O-])c3)cc(C(=O)N3CCC(C)CC3)c12. The molecule has 4 rings (SSSR count). The fraction of sp³-hybridized carbons (Fsp3) is 0.350. The van der Waals surface area contributed by atoms with Crippen molar-refractivity contribution in [3.8, 4) is 11.3 Å². The van der Waals surface area contributed by atoms with E-state index in [1.165, 1.54) is 12.1 Å². The van der Waals surface area contributed by atoms with Crippen molar-refractivity contribution in [1.29, 1.82) is 0 Å². The van der Waals surface area contributed by atoms with Crippen LogP contribution in [0.25, 0.3) is 22.4 Å². The van der Waals surface area contributed by atoms with Crippen molar-refractivity contribution in [3.63, 3.8) is 0 Å². The predicted molar refractivity (Wildman–Crippen MR) is 103 cm³/mol. The number of hydrogen-bond donors (Lipinski definition) is 0. The monoisotopic (exact) mass is 380 g/mol. The standard InChI is InChI=1S/C20H20N4O4/c1-12-6-8-23(9-7-12)20(25)16-11-17(21-19-18(16)13(2)22-28-19)14-4-3-5-15(10-14)24(26)27/h3-5,10-12H,6-9H2,1-2H3. The normalized spacial score (nSPS) is 15.1. The van der Waals surface area contributed by atoms with Gasteiger partial charge in [-0.05, 0) is 31.7 Å². The number of aryl methyl sites for hydroxylation is 1. The molecule has 8 nitrogen and oxygen atoms in total. The quantitative estimate of drug-likeness (QED) is 0.503. The van der Waals surface area contributed by atoms with Crippen LogP contribution in [0.4, 0.5) is 5.69 Å². The molecule has 0 atom stereocenters. The summed E-state index contributed by atoms with van der Waals surface area (Å²) in [4.78, 5) is 30.2. The van der Waals surface area contributed by atoms with Crippen LogP contribution in [0, 0.1) is 23.0 Å². The molecule has 144 valence electrons. The molecule has 0 aliphatic carbocycles. The minimum atomic E-state index is -0.457. The first kappa shape index (κ1) is 18.1. The van der Waals surface area contributed by atoms with Crippen LogP contribution in [0.2, 0.25) is 0 Å². The Bertz CT molecular complexity index is 1070. The molecule has 28 heavy (non-hydrogen) atoms. The zero-order chi connectivity index (χ0) is 19.8. The number of hydrogen-bond acceptors (Lipinski definition) is 6. The fourth-order valence-corrected chi connectivity index (χ4v) is 3.57. The molecule has 0 unspecified atom stereocenters. The van der Waals surface area contributed by atoms with Gasteiger partial charge in [0.15, 0.2) is 0 Å². The van der Waals surface area contributed by atoms with E-state index in [4.69, 9.17) is 4.52 Å². The Kier molecular flexibility index (Phi) is 4.54. The number of nitro groups is 1. The van der Waals surface area contributed by atoms with Crippen molar-refractivity contribution in [1.82, 2.24) is 15.0 Å². The topological polar surface area (TPSA) is 102 Å². The van der Waals surface area contributed by atoms with E-state index in [9.17, 15) is 14.9 Å². The summed E-state index contributed by atoms with van der Waals surface area (Å²) >= 11 is 0. The van der Waals surface area contributed by atoms with Crippen LogP contribution >= 0.6 is 0 Å². The first-order valence-electron chi connectivity index (χ1n) is 9.25. The molecule has 1 saturated heterocycles. The van der Waals surface area contributed by atoms with Gasteiger partial charge in [0.25, 0.3) is 17.3 Å². The average molecular weight is 380 g/mol. The van der Waals surface area contributed by atoms with Gasteiger partial charge in [0, 0.05) is 30.8 Å². The third-order valence-electron chi connectivity index (χ3n) is 5.27. The van der Waals surface area contributed by atoms with Gasteiger partial charge in [0.05, 0.1) is 27.3 Å². The Balaban J connectivity index is 1.81. The summed E-state index contributed by atoms with van der Waals surface area (Å²) in [6.45, 7) is 5.38. The van der Waals surface area contributed by atoms with Gasteiger partial charge in [-0.2, -0.15) is 0 Å². The highest BCUT2D eigenvalue weighted by Crippen LogP contribution is 2.30. The second-order valence-corrected chi connectivity index (χ2v) is 7.29. The van der Waals surface area contributed by atoms with Gasteiger partial charge in [0.2, 0.25) is 0 Å². The third-order valence-corrected chi connectivity index (χ3v) is 5.27. The molecule has 1 aliphatic heterocycles. The highest BCUT2D eigenvalue weighted by Gasteiger charge is 2.26. The van der Waals surface area contributed by atoms with Gasteiger partial charge in [-0.3, -0.25) is 14.9 Å². The fourth-order valence-electron chi connectivity index (χ4n) is 3.57. The number of aromatic nitrogens is 2. The Hall–Kier alpha value is -3.29. The number of non-ortho nitro benzene ring substituents is 1. The summed E-state index contributed by atoms with van der Waals surface area (Å²) in [5.41, 5.74) is 2.29. The lowest BCUT2D eigenvalue weighted by Crippen LogP contribution is -2.38. The zero-order valence-corrected chi connectivity index (χ0v) is 15.7. The Morgan fingerprint density at radius 1 is 1.29 bits per heavy atom. The summed E-state index contributed by atoms with van der Waals surface area (Å²) < 4.78 is 5.32. The molecule has 0 radical (unpaired) electrons. The molecular formula is C20H20N4O4. The van der Waals surface area contributed by atoms with E-state index in [-0.39, 0.29) is 17.3 Å². The molecule has 0 bridgehead atoms. The average Bonchev–Trinajstić information content (AvgIpc) is 3.08. The van der Waals surface area contributed by atoms with Gasteiger partial charge in [-0.15, -0.1) is 0 Å². The molecule has 0 N–H and O–H groups in total. The summed E-state index contributed by atoms with van der Waals surface area (Å²) in [5.74, 6) is 0.525. The van der Waals surface area contributed by atoms with Gasteiger partial charge >= 0.3 is 0 Å². The van der Waals surface area contributed by atoms with Gasteiger partial charge < -0.3 is 9.42 Å². The number of nitro benzene ring substituents is 1. The molecule has 0 spiro atoms. The largest absolute Gasteiger partial charge is 0.339 e. The van der Waals surface area contributed by atoms with E-state index < -0.39 is 4.92 Å². The maximum atomic E-state index is 13.2. The van der Waals surface area contributed by atoms with Gasteiger partial charge in [0.1, 0.15) is 0 Å². The molecule has 1 fully saturated rings. The Morgan fingerprint density at radius 2 is 2.04 bits per heavy atom. The molecular weight excluding hydrogens is 360 g/mol. The number of rotatable bonds is 3. The van der Waals surface area contributed by atoms with Crippen molar-refractivity contribution < 1.29 is 14.2 Å². The summed E-state index contributed by atoms with van der Waals surface area (Å²) in [7, 11) is 0. The maximum Gasteiger partial charge on any atom is 0.270 e. The van der Waals surface area contributed by atoms with Crippen LogP contribution in [0.15, 0.2) is 34.9 Å². The highest BCUT2D eigenvalue weighted by atomic mass is 16.6. The lowest BCUT2D eigenvalue weighted by atomic mass is 9.98. The number of nitrogens with zero attached hydrogens (tertiary/aromatic N) is 4. The van der Waals surface area contributed by atoms with Crippen molar-refractivity contribution in [2.24, 2.45) is 5.92 Å². The molecule has 8 heteroatoms. The summed E-state index contributed by atoms with van der Waals surface area (Å²) in [5, 5.41) is 15.7. The molecule has 1 amide bonds. The first-order chi connectivity index (χ1) is 13.4. The summed E-state index contributed by atoms with van der Waals surface area (Å²) in [6.07, 6.45) is 1.95. The molecule has 3 heterocycles. The number of carbonyl (C=O) groups excluding carboxylic acids is 1.